The highest BCUT2D eigenvalue weighted by molar-refractivity contribution is 5.71. The van der Waals surface area contributed by atoms with Crippen molar-refractivity contribution in [3.8, 4) is 22.3 Å². The third-order valence-corrected chi connectivity index (χ3v) is 5.76. The summed E-state index contributed by atoms with van der Waals surface area (Å²) in [5, 5.41) is 0. The van der Waals surface area contributed by atoms with Gasteiger partial charge in [0.25, 0.3) is 0 Å². The van der Waals surface area contributed by atoms with Gasteiger partial charge < -0.3 is 4.90 Å². The number of benzene rings is 3. The van der Waals surface area contributed by atoms with E-state index in [1.165, 1.54) is 11.1 Å². The number of rotatable bonds is 5. The Hall–Kier alpha value is -2.45. The standard InChI is InChI=1S/C25H26FN/c1-3-18-5-7-21(8-6-18)24-14-13-22(15-25(24)26)19-9-11-20(12-10-19)23-16-27(4-2)17-23/h5-15,23H,3-4,16-17H2,1-2H3. The van der Waals surface area contributed by atoms with E-state index in [-0.39, 0.29) is 5.82 Å². The average molecular weight is 359 g/mol. The van der Waals surface area contributed by atoms with E-state index in [1.54, 1.807) is 6.07 Å². The van der Waals surface area contributed by atoms with Gasteiger partial charge in [0.15, 0.2) is 0 Å². The van der Waals surface area contributed by atoms with Crippen LogP contribution in [0.5, 0.6) is 0 Å². The van der Waals surface area contributed by atoms with Crippen molar-refractivity contribution in [1.82, 2.24) is 4.90 Å². The molecule has 27 heavy (non-hydrogen) atoms. The second-order valence-electron chi connectivity index (χ2n) is 7.42. The predicted molar refractivity (Wildman–Crippen MR) is 112 cm³/mol. The van der Waals surface area contributed by atoms with Crippen LogP contribution in [0.25, 0.3) is 22.3 Å². The molecule has 4 rings (SSSR count). The van der Waals surface area contributed by atoms with E-state index in [1.807, 2.05) is 24.3 Å². The molecule has 0 amide bonds. The molecule has 0 N–H and O–H groups in total. The highest BCUT2D eigenvalue weighted by atomic mass is 19.1. The molecular formula is C25H26FN. The molecule has 1 nitrogen and oxygen atoms in total. The second-order valence-corrected chi connectivity index (χ2v) is 7.42. The number of halogens is 1. The van der Waals surface area contributed by atoms with Gasteiger partial charge in [-0.25, -0.2) is 4.39 Å². The first-order valence-corrected chi connectivity index (χ1v) is 9.89. The molecule has 0 bridgehead atoms. The second kappa shape index (κ2) is 7.66. The number of likely N-dealkylation sites (tertiary alicyclic amines) is 1. The normalized spacial score (nSPS) is 14.9. The monoisotopic (exact) mass is 359 g/mol. The van der Waals surface area contributed by atoms with Gasteiger partial charge in [-0.3, -0.25) is 0 Å². The molecule has 0 unspecified atom stereocenters. The molecule has 0 spiro atoms. The Morgan fingerprint density at radius 3 is 2.04 bits per heavy atom. The maximum atomic E-state index is 14.8. The maximum absolute atomic E-state index is 14.8. The van der Waals surface area contributed by atoms with E-state index < -0.39 is 0 Å². The lowest BCUT2D eigenvalue weighted by Crippen LogP contribution is -2.44. The van der Waals surface area contributed by atoms with Crippen molar-refractivity contribution in [1.29, 1.82) is 0 Å². The quantitative estimate of drug-likeness (QED) is 0.529. The van der Waals surface area contributed by atoms with Crippen LogP contribution in [0.2, 0.25) is 0 Å². The van der Waals surface area contributed by atoms with Crippen LogP contribution in [0.1, 0.15) is 30.9 Å². The largest absolute Gasteiger partial charge is 0.302 e. The summed E-state index contributed by atoms with van der Waals surface area (Å²) in [6.45, 7) is 7.75. The Morgan fingerprint density at radius 2 is 1.44 bits per heavy atom. The van der Waals surface area contributed by atoms with Crippen LogP contribution in [0.15, 0.2) is 66.7 Å². The van der Waals surface area contributed by atoms with Gasteiger partial charge in [-0.05, 0) is 46.8 Å². The van der Waals surface area contributed by atoms with Crippen LogP contribution in [0.3, 0.4) is 0 Å². The summed E-state index contributed by atoms with van der Waals surface area (Å²) in [4.78, 5) is 2.44. The lowest BCUT2D eigenvalue weighted by atomic mass is 9.90. The van der Waals surface area contributed by atoms with Gasteiger partial charge in [0.2, 0.25) is 0 Å². The molecule has 138 valence electrons. The molecule has 1 heterocycles. The zero-order chi connectivity index (χ0) is 18.8. The molecule has 1 saturated heterocycles. The smallest absolute Gasteiger partial charge is 0.131 e. The van der Waals surface area contributed by atoms with E-state index in [9.17, 15) is 4.39 Å². The fraction of sp³-hybridized carbons (Fsp3) is 0.280. The number of hydrogen-bond acceptors (Lipinski definition) is 1. The summed E-state index contributed by atoms with van der Waals surface area (Å²) in [6.07, 6.45) is 0.995. The van der Waals surface area contributed by atoms with Crippen LogP contribution < -0.4 is 0 Å². The summed E-state index contributed by atoms with van der Waals surface area (Å²) >= 11 is 0. The number of aryl methyl sites for hydroxylation is 1. The van der Waals surface area contributed by atoms with Crippen LogP contribution >= 0.6 is 0 Å². The Bertz CT molecular complexity index is 906. The summed E-state index contributed by atoms with van der Waals surface area (Å²) in [6, 6.07) is 22.3. The van der Waals surface area contributed by atoms with Crippen molar-refractivity contribution in [3.63, 3.8) is 0 Å². The first kappa shape index (κ1) is 17.9. The summed E-state index contributed by atoms with van der Waals surface area (Å²) in [7, 11) is 0. The Morgan fingerprint density at radius 1 is 0.815 bits per heavy atom. The maximum Gasteiger partial charge on any atom is 0.131 e. The molecule has 3 aromatic rings. The number of hydrogen-bond donors (Lipinski definition) is 0. The molecule has 0 atom stereocenters. The van der Waals surface area contributed by atoms with E-state index in [2.05, 4.69) is 55.1 Å². The lowest BCUT2D eigenvalue weighted by Gasteiger charge is -2.38. The van der Waals surface area contributed by atoms with Gasteiger partial charge >= 0.3 is 0 Å². The third-order valence-electron chi connectivity index (χ3n) is 5.76. The number of nitrogens with zero attached hydrogens (tertiary/aromatic N) is 1. The predicted octanol–water partition coefficient (Wildman–Crippen LogP) is 6.14. The molecule has 1 aliphatic heterocycles. The molecule has 0 aromatic heterocycles. The fourth-order valence-corrected chi connectivity index (χ4v) is 3.84. The van der Waals surface area contributed by atoms with Gasteiger partial charge in [-0.2, -0.15) is 0 Å². The first-order valence-electron chi connectivity index (χ1n) is 9.89. The Labute approximate surface area is 161 Å². The van der Waals surface area contributed by atoms with Crippen molar-refractivity contribution in [3.05, 3.63) is 83.7 Å². The first-order chi connectivity index (χ1) is 13.2. The van der Waals surface area contributed by atoms with Gasteiger partial charge in [0.05, 0.1) is 0 Å². The van der Waals surface area contributed by atoms with Gasteiger partial charge in [0, 0.05) is 24.6 Å². The zero-order valence-corrected chi connectivity index (χ0v) is 16.1. The molecule has 0 aliphatic carbocycles. The van der Waals surface area contributed by atoms with E-state index in [0.29, 0.717) is 11.5 Å². The van der Waals surface area contributed by atoms with Crippen LogP contribution in [0.4, 0.5) is 4.39 Å². The highest BCUT2D eigenvalue weighted by Crippen LogP contribution is 2.31. The van der Waals surface area contributed by atoms with Gasteiger partial charge in [-0.1, -0.05) is 74.5 Å². The van der Waals surface area contributed by atoms with Gasteiger partial charge in [-0.15, -0.1) is 0 Å². The lowest BCUT2D eigenvalue weighted by molar-refractivity contribution is 0.157. The van der Waals surface area contributed by atoms with E-state index >= 15 is 0 Å². The van der Waals surface area contributed by atoms with Gasteiger partial charge in [0.1, 0.15) is 5.82 Å². The third kappa shape index (κ3) is 3.68. The fourth-order valence-electron chi connectivity index (χ4n) is 3.84. The molecule has 0 saturated carbocycles. The molecule has 2 heteroatoms. The van der Waals surface area contributed by atoms with Crippen molar-refractivity contribution in [2.24, 2.45) is 0 Å². The molecule has 0 radical (unpaired) electrons. The SMILES string of the molecule is CCc1ccc(-c2ccc(-c3ccc(C4CN(CC)C4)cc3)cc2F)cc1. The average Bonchev–Trinajstić information content (AvgIpc) is 2.68. The summed E-state index contributed by atoms with van der Waals surface area (Å²) in [5.74, 6) is 0.475. The summed E-state index contributed by atoms with van der Waals surface area (Å²) in [5.41, 5.74) is 6.24. The van der Waals surface area contributed by atoms with Crippen LogP contribution in [0, 0.1) is 5.82 Å². The zero-order valence-electron chi connectivity index (χ0n) is 16.1. The molecule has 1 fully saturated rings. The minimum absolute atomic E-state index is 0.168. The van der Waals surface area contributed by atoms with E-state index in [4.69, 9.17) is 0 Å². The summed E-state index contributed by atoms with van der Waals surface area (Å²) < 4.78 is 14.8. The van der Waals surface area contributed by atoms with Crippen LogP contribution in [-0.4, -0.2) is 24.5 Å². The van der Waals surface area contributed by atoms with Crippen molar-refractivity contribution >= 4 is 0 Å². The number of likely N-dealkylation sites (N-methyl/N-ethyl adjacent to an activating group) is 1. The molecular weight excluding hydrogens is 333 g/mol. The van der Waals surface area contributed by atoms with E-state index in [0.717, 1.165) is 42.7 Å². The minimum Gasteiger partial charge on any atom is -0.302 e. The Balaban J connectivity index is 1.53. The topological polar surface area (TPSA) is 3.24 Å². The minimum atomic E-state index is -0.168. The van der Waals surface area contributed by atoms with Crippen molar-refractivity contribution < 1.29 is 4.39 Å². The molecule has 3 aromatic carbocycles. The Kier molecular flexibility index (Phi) is 5.09. The molecule has 1 aliphatic rings. The van der Waals surface area contributed by atoms with Crippen molar-refractivity contribution in [2.75, 3.05) is 19.6 Å². The van der Waals surface area contributed by atoms with Crippen LogP contribution in [-0.2, 0) is 6.42 Å². The highest BCUT2D eigenvalue weighted by Gasteiger charge is 2.26. The van der Waals surface area contributed by atoms with Crippen molar-refractivity contribution in [2.45, 2.75) is 26.2 Å².